The largest absolute Gasteiger partial charge is 0.460 e. The Morgan fingerprint density at radius 1 is 1.05 bits per heavy atom. The molecule has 3 heteroatoms. The summed E-state index contributed by atoms with van der Waals surface area (Å²) in [5.74, 6) is -0.230. The first-order valence-corrected chi connectivity index (χ1v) is 7.17. The van der Waals surface area contributed by atoms with Crippen molar-refractivity contribution in [1.82, 2.24) is 5.32 Å². The smallest absolute Gasteiger partial charge is 0.320 e. The van der Waals surface area contributed by atoms with Crippen molar-refractivity contribution in [2.24, 2.45) is 0 Å². The normalized spacial score (nSPS) is 14.2. The van der Waals surface area contributed by atoms with Gasteiger partial charge in [0.15, 0.2) is 0 Å². The van der Waals surface area contributed by atoms with Crippen LogP contribution in [0.15, 0.2) is 30.3 Å². The van der Waals surface area contributed by atoms with E-state index in [0.717, 1.165) is 5.56 Å². The Labute approximate surface area is 116 Å². The standard InChI is InChI=1S/C10H13NO2.C6H12/c1-11-7-10(12)13-8-9-5-3-2-4-6-9;1-2-4-6-5-3-1/h2-6,11H,7-8H2,1H3;1-6H2. The van der Waals surface area contributed by atoms with Gasteiger partial charge in [0.05, 0.1) is 6.54 Å². The van der Waals surface area contributed by atoms with Crippen LogP contribution in [0.5, 0.6) is 0 Å². The Bertz CT molecular complexity index is 322. The average molecular weight is 263 g/mol. The van der Waals surface area contributed by atoms with Gasteiger partial charge in [-0.3, -0.25) is 4.79 Å². The van der Waals surface area contributed by atoms with Crippen LogP contribution in [-0.2, 0) is 16.1 Å². The minimum absolute atomic E-state index is 0.230. The van der Waals surface area contributed by atoms with Crippen molar-refractivity contribution in [3.8, 4) is 0 Å². The van der Waals surface area contributed by atoms with Gasteiger partial charge in [0.1, 0.15) is 6.61 Å². The number of ether oxygens (including phenoxy) is 1. The van der Waals surface area contributed by atoms with Gasteiger partial charge in [-0.2, -0.15) is 0 Å². The van der Waals surface area contributed by atoms with Crippen LogP contribution >= 0.6 is 0 Å². The molecule has 19 heavy (non-hydrogen) atoms. The van der Waals surface area contributed by atoms with Crippen molar-refractivity contribution in [3.05, 3.63) is 35.9 Å². The fraction of sp³-hybridized carbons (Fsp3) is 0.562. The summed E-state index contributed by atoms with van der Waals surface area (Å²) in [6.07, 6.45) is 9.00. The van der Waals surface area contributed by atoms with E-state index in [0.29, 0.717) is 6.61 Å². The highest BCUT2D eigenvalue weighted by molar-refractivity contribution is 5.71. The van der Waals surface area contributed by atoms with Crippen molar-refractivity contribution in [2.75, 3.05) is 13.6 Å². The Morgan fingerprint density at radius 2 is 1.58 bits per heavy atom. The number of esters is 1. The third-order valence-electron chi connectivity index (χ3n) is 3.06. The highest BCUT2D eigenvalue weighted by atomic mass is 16.5. The maximum atomic E-state index is 10.9. The molecule has 0 bridgehead atoms. The lowest BCUT2D eigenvalue weighted by Crippen LogP contribution is -2.20. The third-order valence-corrected chi connectivity index (χ3v) is 3.06. The zero-order chi connectivity index (χ0) is 13.8. The number of hydrogen-bond donors (Lipinski definition) is 1. The molecule has 106 valence electrons. The summed E-state index contributed by atoms with van der Waals surface area (Å²) >= 11 is 0. The van der Waals surface area contributed by atoms with Crippen LogP contribution in [0.1, 0.15) is 44.1 Å². The lowest BCUT2D eigenvalue weighted by molar-refractivity contribution is -0.143. The summed E-state index contributed by atoms with van der Waals surface area (Å²) in [4.78, 5) is 10.9. The van der Waals surface area contributed by atoms with Gasteiger partial charge in [0.25, 0.3) is 0 Å². The Balaban J connectivity index is 0.000000250. The quantitative estimate of drug-likeness (QED) is 0.847. The van der Waals surface area contributed by atoms with Crippen LogP contribution in [0.3, 0.4) is 0 Å². The number of hydrogen-bond acceptors (Lipinski definition) is 3. The van der Waals surface area contributed by atoms with Crippen LogP contribution in [-0.4, -0.2) is 19.6 Å². The first kappa shape index (κ1) is 15.7. The summed E-state index contributed by atoms with van der Waals surface area (Å²) in [6, 6.07) is 9.61. The lowest BCUT2D eigenvalue weighted by atomic mass is 10.0. The van der Waals surface area contributed by atoms with Crippen LogP contribution in [0.2, 0.25) is 0 Å². The summed E-state index contributed by atoms with van der Waals surface area (Å²) in [7, 11) is 1.71. The van der Waals surface area contributed by atoms with E-state index in [4.69, 9.17) is 4.74 Å². The molecule has 1 aliphatic rings. The molecule has 2 rings (SSSR count). The zero-order valence-electron chi connectivity index (χ0n) is 11.9. The first-order chi connectivity index (χ1) is 9.33. The number of rotatable bonds is 4. The van der Waals surface area contributed by atoms with E-state index in [9.17, 15) is 4.79 Å². The number of benzene rings is 1. The molecule has 1 N–H and O–H groups in total. The molecule has 0 radical (unpaired) electrons. The molecule has 0 aromatic heterocycles. The molecule has 1 fully saturated rings. The van der Waals surface area contributed by atoms with Crippen LogP contribution in [0.4, 0.5) is 0 Å². The Morgan fingerprint density at radius 3 is 2.05 bits per heavy atom. The molecule has 3 nitrogen and oxygen atoms in total. The topological polar surface area (TPSA) is 38.3 Å². The van der Waals surface area contributed by atoms with E-state index >= 15 is 0 Å². The van der Waals surface area contributed by atoms with Crippen molar-refractivity contribution < 1.29 is 9.53 Å². The predicted molar refractivity (Wildman–Crippen MR) is 77.9 cm³/mol. The molecule has 0 unspecified atom stereocenters. The van der Waals surface area contributed by atoms with Crippen LogP contribution in [0, 0.1) is 0 Å². The molecule has 0 amide bonds. The Kier molecular flexibility index (Phi) is 8.73. The van der Waals surface area contributed by atoms with E-state index in [1.807, 2.05) is 30.3 Å². The van der Waals surface area contributed by atoms with Crippen molar-refractivity contribution in [1.29, 1.82) is 0 Å². The number of carbonyl (C=O) groups excluding carboxylic acids is 1. The second-order valence-corrected chi connectivity index (χ2v) is 4.80. The highest BCUT2D eigenvalue weighted by Gasteiger charge is 1.99. The second kappa shape index (κ2) is 10.6. The number of carbonyl (C=O) groups is 1. The summed E-state index contributed by atoms with van der Waals surface area (Å²) in [5.41, 5.74) is 1.01. The van der Waals surface area contributed by atoms with Crippen LogP contribution in [0.25, 0.3) is 0 Å². The zero-order valence-corrected chi connectivity index (χ0v) is 11.9. The average Bonchev–Trinajstić information content (AvgIpc) is 2.49. The van der Waals surface area contributed by atoms with E-state index in [1.54, 1.807) is 7.05 Å². The molecule has 0 aliphatic heterocycles. The highest BCUT2D eigenvalue weighted by Crippen LogP contribution is 2.15. The van der Waals surface area contributed by atoms with Crippen molar-refractivity contribution >= 4 is 5.97 Å². The van der Waals surface area contributed by atoms with Gasteiger partial charge in [-0.1, -0.05) is 68.9 Å². The maximum Gasteiger partial charge on any atom is 0.320 e. The third kappa shape index (κ3) is 8.38. The summed E-state index contributed by atoms with van der Waals surface area (Å²) in [6.45, 7) is 0.605. The fourth-order valence-corrected chi connectivity index (χ4v) is 1.99. The number of nitrogens with one attached hydrogen (secondary N) is 1. The van der Waals surface area contributed by atoms with Gasteiger partial charge < -0.3 is 10.1 Å². The molecule has 0 atom stereocenters. The van der Waals surface area contributed by atoms with Gasteiger partial charge in [-0.05, 0) is 12.6 Å². The number of likely N-dealkylation sites (N-methyl/N-ethyl adjacent to an activating group) is 1. The molecule has 1 aromatic carbocycles. The molecular weight excluding hydrogens is 238 g/mol. The van der Waals surface area contributed by atoms with E-state index in [1.165, 1.54) is 38.5 Å². The van der Waals surface area contributed by atoms with E-state index < -0.39 is 0 Å². The Hall–Kier alpha value is -1.35. The second-order valence-electron chi connectivity index (χ2n) is 4.80. The molecule has 1 aliphatic carbocycles. The SMILES string of the molecule is C1CCCCC1.CNCC(=O)OCc1ccccc1. The minimum atomic E-state index is -0.230. The first-order valence-electron chi connectivity index (χ1n) is 7.17. The molecule has 0 saturated heterocycles. The van der Waals surface area contributed by atoms with Crippen molar-refractivity contribution in [3.63, 3.8) is 0 Å². The van der Waals surface area contributed by atoms with Gasteiger partial charge in [-0.15, -0.1) is 0 Å². The predicted octanol–water partition coefficient (Wildman–Crippen LogP) is 3.29. The van der Waals surface area contributed by atoms with Crippen molar-refractivity contribution in [2.45, 2.75) is 45.1 Å². The molecular formula is C16H25NO2. The van der Waals surface area contributed by atoms with E-state index in [2.05, 4.69) is 5.32 Å². The van der Waals surface area contributed by atoms with Crippen LogP contribution < -0.4 is 5.32 Å². The van der Waals surface area contributed by atoms with Gasteiger partial charge in [-0.25, -0.2) is 0 Å². The molecule has 1 aromatic rings. The summed E-state index contributed by atoms with van der Waals surface area (Å²) < 4.78 is 4.97. The van der Waals surface area contributed by atoms with Gasteiger partial charge >= 0.3 is 5.97 Å². The fourth-order valence-electron chi connectivity index (χ4n) is 1.99. The maximum absolute atomic E-state index is 10.9. The molecule has 0 heterocycles. The lowest BCUT2D eigenvalue weighted by Gasteiger charge is -2.05. The summed E-state index contributed by atoms with van der Waals surface area (Å²) in [5, 5.41) is 2.73. The van der Waals surface area contributed by atoms with Gasteiger partial charge in [0.2, 0.25) is 0 Å². The molecule has 1 saturated carbocycles. The minimum Gasteiger partial charge on any atom is -0.460 e. The monoisotopic (exact) mass is 263 g/mol. The van der Waals surface area contributed by atoms with Gasteiger partial charge in [0, 0.05) is 0 Å². The molecule has 0 spiro atoms. The van der Waals surface area contributed by atoms with E-state index in [-0.39, 0.29) is 12.5 Å².